The topological polar surface area (TPSA) is 38.0 Å². The van der Waals surface area contributed by atoms with Crippen LogP contribution in [-0.2, 0) is 6.54 Å². The second-order valence-corrected chi connectivity index (χ2v) is 5.82. The number of hydrogen-bond donors (Lipinski definition) is 2. The van der Waals surface area contributed by atoms with Crippen molar-refractivity contribution in [2.45, 2.75) is 40.2 Å². The molecule has 1 aliphatic rings. The van der Waals surface area contributed by atoms with Crippen LogP contribution in [0.25, 0.3) is 0 Å². The van der Waals surface area contributed by atoms with E-state index in [-0.39, 0.29) is 0 Å². The molecule has 0 amide bonds. The Morgan fingerprint density at radius 1 is 1.35 bits per heavy atom. The fraction of sp³-hybridized carbons (Fsp3) is 0.600. The first-order valence-electron chi connectivity index (χ1n) is 6.59. The first-order valence-corrected chi connectivity index (χ1v) is 6.59. The van der Waals surface area contributed by atoms with Gasteiger partial charge in [0.15, 0.2) is 0 Å². The van der Waals surface area contributed by atoms with Crippen molar-refractivity contribution in [3.05, 3.63) is 29.3 Å². The molecule has 2 rings (SSSR count). The van der Waals surface area contributed by atoms with Crippen LogP contribution in [0.1, 0.15) is 37.8 Å². The summed E-state index contributed by atoms with van der Waals surface area (Å²) >= 11 is 0. The van der Waals surface area contributed by atoms with Gasteiger partial charge in [-0.25, -0.2) is 0 Å². The van der Waals surface area contributed by atoms with Gasteiger partial charge in [-0.2, -0.15) is 0 Å². The normalized spacial score (nSPS) is 17.4. The highest BCUT2D eigenvalue weighted by molar-refractivity contribution is 5.48. The van der Waals surface area contributed by atoms with Crippen LogP contribution in [0, 0.1) is 18.3 Å². The summed E-state index contributed by atoms with van der Waals surface area (Å²) in [6.45, 7) is 8.78. The minimum absolute atomic E-state index is 0.568. The van der Waals surface area contributed by atoms with Crippen LogP contribution >= 0.6 is 0 Å². The van der Waals surface area contributed by atoms with Gasteiger partial charge in [0.25, 0.3) is 0 Å². The third-order valence-corrected chi connectivity index (χ3v) is 4.21. The number of benzene rings is 1. The SMILES string of the molecule is Cc1ccc(N)c(CNCC2(C(C)C)CC2)c1. The Labute approximate surface area is 105 Å². The predicted octanol–water partition coefficient (Wildman–Crippen LogP) is 3.10. The van der Waals surface area contributed by atoms with E-state index in [0.717, 1.165) is 24.7 Å². The molecule has 1 aliphatic carbocycles. The number of hydrogen-bond acceptors (Lipinski definition) is 2. The van der Waals surface area contributed by atoms with Crippen molar-refractivity contribution >= 4 is 5.69 Å². The summed E-state index contributed by atoms with van der Waals surface area (Å²) in [5, 5.41) is 3.57. The second-order valence-electron chi connectivity index (χ2n) is 5.82. The van der Waals surface area contributed by atoms with Crippen LogP contribution in [0.15, 0.2) is 18.2 Å². The van der Waals surface area contributed by atoms with Crippen LogP contribution in [0.3, 0.4) is 0 Å². The Morgan fingerprint density at radius 2 is 2.06 bits per heavy atom. The van der Waals surface area contributed by atoms with E-state index in [0.29, 0.717) is 5.41 Å². The minimum atomic E-state index is 0.568. The molecule has 94 valence electrons. The lowest BCUT2D eigenvalue weighted by Crippen LogP contribution is -2.27. The summed E-state index contributed by atoms with van der Waals surface area (Å²) in [7, 11) is 0. The number of aryl methyl sites for hydroxylation is 1. The number of rotatable bonds is 5. The summed E-state index contributed by atoms with van der Waals surface area (Å²) < 4.78 is 0. The molecule has 0 atom stereocenters. The van der Waals surface area contributed by atoms with Crippen molar-refractivity contribution in [2.75, 3.05) is 12.3 Å². The minimum Gasteiger partial charge on any atom is -0.398 e. The van der Waals surface area contributed by atoms with Gasteiger partial charge in [-0.15, -0.1) is 0 Å². The first kappa shape index (κ1) is 12.4. The molecule has 0 aromatic heterocycles. The molecule has 0 saturated heterocycles. The quantitative estimate of drug-likeness (QED) is 0.766. The maximum Gasteiger partial charge on any atom is 0.0359 e. The molecule has 0 spiro atoms. The summed E-state index contributed by atoms with van der Waals surface area (Å²) in [5.41, 5.74) is 9.95. The van der Waals surface area contributed by atoms with Gasteiger partial charge in [0.05, 0.1) is 0 Å². The Bertz CT molecular complexity index is 392. The van der Waals surface area contributed by atoms with E-state index < -0.39 is 0 Å². The van der Waals surface area contributed by atoms with Crippen molar-refractivity contribution in [1.29, 1.82) is 0 Å². The average Bonchev–Trinajstić information content (AvgIpc) is 3.04. The molecular formula is C15H24N2. The van der Waals surface area contributed by atoms with E-state index in [1.165, 1.54) is 24.0 Å². The highest BCUT2D eigenvalue weighted by atomic mass is 14.9. The van der Waals surface area contributed by atoms with E-state index in [9.17, 15) is 0 Å². The summed E-state index contributed by atoms with van der Waals surface area (Å²) in [6, 6.07) is 6.24. The molecule has 3 N–H and O–H groups in total. The maximum atomic E-state index is 5.97. The monoisotopic (exact) mass is 232 g/mol. The van der Waals surface area contributed by atoms with E-state index in [1.54, 1.807) is 0 Å². The average molecular weight is 232 g/mol. The fourth-order valence-electron chi connectivity index (χ4n) is 2.45. The number of nitrogens with two attached hydrogens (primary N) is 1. The Morgan fingerprint density at radius 3 is 2.65 bits per heavy atom. The number of nitrogens with one attached hydrogen (secondary N) is 1. The van der Waals surface area contributed by atoms with Gasteiger partial charge in [0.1, 0.15) is 0 Å². The molecule has 0 unspecified atom stereocenters. The molecule has 1 aromatic carbocycles. The predicted molar refractivity (Wildman–Crippen MR) is 73.8 cm³/mol. The standard InChI is InChI=1S/C15H24N2/c1-11(2)15(6-7-15)10-17-9-13-8-12(3)4-5-14(13)16/h4-5,8,11,17H,6-7,9-10,16H2,1-3H3. The molecule has 17 heavy (non-hydrogen) atoms. The van der Waals surface area contributed by atoms with E-state index in [4.69, 9.17) is 5.73 Å². The zero-order chi connectivity index (χ0) is 12.5. The summed E-state index contributed by atoms with van der Waals surface area (Å²) in [6.07, 6.45) is 2.75. The molecule has 2 heteroatoms. The largest absolute Gasteiger partial charge is 0.398 e. The van der Waals surface area contributed by atoms with Crippen LogP contribution in [0.2, 0.25) is 0 Å². The lowest BCUT2D eigenvalue weighted by Gasteiger charge is -2.20. The fourth-order valence-corrected chi connectivity index (χ4v) is 2.45. The highest BCUT2D eigenvalue weighted by Crippen LogP contribution is 2.51. The molecule has 0 heterocycles. The lowest BCUT2D eigenvalue weighted by atomic mass is 9.92. The zero-order valence-electron chi connectivity index (χ0n) is 11.2. The second kappa shape index (κ2) is 4.69. The van der Waals surface area contributed by atoms with E-state index >= 15 is 0 Å². The van der Waals surface area contributed by atoms with Crippen LogP contribution in [0.5, 0.6) is 0 Å². The number of anilines is 1. The van der Waals surface area contributed by atoms with Gasteiger partial charge >= 0.3 is 0 Å². The van der Waals surface area contributed by atoms with Crippen molar-refractivity contribution in [1.82, 2.24) is 5.32 Å². The zero-order valence-corrected chi connectivity index (χ0v) is 11.2. The molecule has 1 aromatic rings. The van der Waals surface area contributed by atoms with Gasteiger partial charge in [-0.3, -0.25) is 0 Å². The Kier molecular flexibility index (Phi) is 3.43. The van der Waals surface area contributed by atoms with Gasteiger partial charge in [-0.1, -0.05) is 31.5 Å². The van der Waals surface area contributed by atoms with Crippen LogP contribution in [-0.4, -0.2) is 6.54 Å². The third-order valence-electron chi connectivity index (χ3n) is 4.21. The van der Waals surface area contributed by atoms with Crippen molar-refractivity contribution < 1.29 is 0 Å². The summed E-state index contributed by atoms with van der Waals surface area (Å²) in [5.74, 6) is 0.782. The van der Waals surface area contributed by atoms with E-state index in [2.05, 4.69) is 38.2 Å². The van der Waals surface area contributed by atoms with Crippen LogP contribution < -0.4 is 11.1 Å². The van der Waals surface area contributed by atoms with Crippen LogP contribution in [0.4, 0.5) is 5.69 Å². The Balaban J connectivity index is 1.88. The molecule has 2 nitrogen and oxygen atoms in total. The maximum absolute atomic E-state index is 5.97. The molecule has 0 radical (unpaired) electrons. The van der Waals surface area contributed by atoms with Crippen molar-refractivity contribution in [2.24, 2.45) is 11.3 Å². The first-order chi connectivity index (χ1) is 8.03. The van der Waals surface area contributed by atoms with Crippen molar-refractivity contribution in [3.63, 3.8) is 0 Å². The molecule has 0 bridgehead atoms. The van der Waals surface area contributed by atoms with Crippen molar-refractivity contribution in [3.8, 4) is 0 Å². The van der Waals surface area contributed by atoms with Gasteiger partial charge in [0, 0.05) is 18.8 Å². The smallest absolute Gasteiger partial charge is 0.0359 e. The molecule has 1 fully saturated rings. The van der Waals surface area contributed by atoms with Gasteiger partial charge in [-0.05, 0) is 42.7 Å². The molecular weight excluding hydrogens is 208 g/mol. The molecule has 0 aliphatic heterocycles. The van der Waals surface area contributed by atoms with E-state index in [1.807, 2.05) is 6.07 Å². The lowest BCUT2D eigenvalue weighted by molar-refractivity contribution is 0.338. The molecule has 1 saturated carbocycles. The summed E-state index contributed by atoms with van der Waals surface area (Å²) in [4.78, 5) is 0. The van der Waals surface area contributed by atoms with Gasteiger partial charge in [0.2, 0.25) is 0 Å². The third kappa shape index (κ3) is 2.81. The van der Waals surface area contributed by atoms with Gasteiger partial charge < -0.3 is 11.1 Å². The highest BCUT2D eigenvalue weighted by Gasteiger charge is 2.44. The number of nitrogen functional groups attached to an aromatic ring is 1. The Hall–Kier alpha value is -1.02.